The first-order valence-corrected chi connectivity index (χ1v) is 12.9. The summed E-state index contributed by atoms with van der Waals surface area (Å²) in [6.45, 7) is 8.31. The van der Waals surface area contributed by atoms with E-state index in [1.807, 2.05) is 27.7 Å². The molecule has 0 aliphatic heterocycles. The van der Waals surface area contributed by atoms with E-state index in [1.165, 1.54) is 6.33 Å². The van der Waals surface area contributed by atoms with Crippen molar-refractivity contribution in [3.63, 3.8) is 0 Å². The molecule has 0 aromatic carbocycles. The van der Waals surface area contributed by atoms with Crippen molar-refractivity contribution in [3.05, 3.63) is 12.7 Å². The molecule has 0 saturated carbocycles. The fourth-order valence-corrected chi connectivity index (χ4v) is 3.91. The highest BCUT2D eigenvalue weighted by atomic mass is 31.2. The molecule has 35 heavy (non-hydrogen) atoms. The number of hydrogen-bond donors (Lipinski definition) is 1. The number of aromatic nitrogens is 4. The van der Waals surface area contributed by atoms with Crippen LogP contribution in [0.25, 0.3) is 11.2 Å². The SMILES string of the molecule is CC(C)CC(=O)OCOP(=O)(CO[C@H](C)Cn1cnc2c(N)ncnc21)OCOC(=O)CC(C)C. The van der Waals surface area contributed by atoms with Crippen LogP contribution in [0.3, 0.4) is 0 Å². The summed E-state index contributed by atoms with van der Waals surface area (Å²) in [6.07, 6.45) is 2.30. The zero-order valence-corrected chi connectivity index (χ0v) is 21.6. The third-order valence-corrected chi connectivity index (χ3v) is 5.95. The summed E-state index contributed by atoms with van der Waals surface area (Å²) in [5, 5.41) is 0. The van der Waals surface area contributed by atoms with Gasteiger partial charge in [-0.05, 0) is 18.8 Å². The highest BCUT2D eigenvalue weighted by molar-refractivity contribution is 7.53. The average molecular weight is 516 g/mol. The number of esters is 2. The van der Waals surface area contributed by atoms with E-state index in [-0.39, 0.29) is 30.5 Å². The molecule has 2 rings (SSSR count). The number of imidazole rings is 1. The van der Waals surface area contributed by atoms with E-state index in [1.54, 1.807) is 17.8 Å². The maximum Gasteiger partial charge on any atom is 0.361 e. The van der Waals surface area contributed by atoms with Crippen LogP contribution < -0.4 is 5.73 Å². The Bertz CT molecular complexity index is 996. The predicted octanol–water partition coefficient (Wildman–Crippen LogP) is 3.09. The summed E-state index contributed by atoms with van der Waals surface area (Å²) >= 11 is 0. The van der Waals surface area contributed by atoms with Gasteiger partial charge in [0.2, 0.25) is 13.6 Å². The number of anilines is 1. The number of nitrogens with two attached hydrogens (primary N) is 1. The Hall–Kier alpha value is -2.60. The third-order valence-electron chi connectivity index (χ3n) is 4.49. The van der Waals surface area contributed by atoms with Crippen molar-refractivity contribution in [2.45, 2.75) is 60.1 Å². The summed E-state index contributed by atoms with van der Waals surface area (Å²) in [7, 11) is -3.95. The van der Waals surface area contributed by atoms with Crippen molar-refractivity contribution in [1.82, 2.24) is 19.5 Å². The fraction of sp³-hybridized carbons (Fsp3) is 0.667. The molecule has 0 aliphatic carbocycles. The molecule has 2 aromatic rings. The molecule has 196 valence electrons. The highest BCUT2D eigenvalue weighted by Gasteiger charge is 2.28. The molecule has 0 radical (unpaired) electrons. The van der Waals surface area contributed by atoms with E-state index in [9.17, 15) is 14.2 Å². The first-order valence-electron chi connectivity index (χ1n) is 11.2. The molecule has 0 amide bonds. The summed E-state index contributed by atoms with van der Waals surface area (Å²) in [4.78, 5) is 35.8. The zero-order chi connectivity index (χ0) is 26.0. The maximum atomic E-state index is 13.2. The molecule has 2 heterocycles. The standard InChI is InChI=1S/C21H34N5O8P/c1-14(2)6-17(27)30-11-33-35(29,34-12-31-18(28)7-15(3)4)13-32-16(5)8-26-10-25-19-20(22)23-9-24-21(19)26/h9-10,14-16H,6-8,11-13H2,1-5H3,(H2,22,23,24)/t16-/m1/s1. The van der Waals surface area contributed by atoms with Crippen molar-refractivity contribution < 1.29 is 37.4 Å². The van der Waals surface area contributed by atoms with Gasteiger partial charge in [-0.25, -0.2) is 15.0 Å². The molecule has 14 heteroatoms. The second-order valence-corrected chi connectivity index (χ2v) is 10.8. The first kappa shape index (κ1) is 28.6. The van der Waals surface area contributed by atoms with Gasteiger partial charge in [0.1, 0.15) is 18.2 Å². The summed E-state index contributed by atoms with van der Waals surface area (Å²) in [5.74, 6) is -0.562. The van der Waals surface area contributed by atoms with Gasteiger partial charge in [0.05, 0.1) is 19.0 Å². The molecule has 2 aromatic heterocycles. The van der Waals surface area contributed by atoms with Crippen molar-refractivity contribution in [1.29, 1.82) is 0 Å². The average Bonchev–Trinajstić information content (AvgIpc) is 3.15. The van der Waals surface area contributed by atoms with Crippen molar-refractivity contribution in [2.75, 3.05) is 25.7 Å². The van der Waals surface area contributed by atoms with E-state index >= 15 is 0 Å². The van der Waals surface area contributed by atoms with Crippen LogP contribution in [0.5, 0.6) is 0 Å². The number of nitrogen functional groups attached to an aromatic ring is 1. The van der Waals surface area contributed by atoms with Crippen LogP contribution in [0.15, 0.2) is 12.7 Å². The molecule has 0 fully saturated rings. The molecule has 0 bridgehead atoms. The number of fused-ring (bicyclic) bond motifs is 1. The largest absolute Gasteiger partial charge is 0.438 e. The zero-order valence-electron chi connectivity index (χ0n) is 20.7. The molecule has 0 unspecified atom stereocenters. The second-order valence-electron chi connectivity index (χ2n) is 8.77. The van der Waals surface area contributed by atoms with Crippen LogP contribution in [0, 0.1) is 11.8 Å². The monoisotopic (exact) mass is 515 g/mol. The molecule has 0 spiro atoms. The maximum absolute atomic E-state index is 13.2. The van der Waals surface area contributed by atoms with Crippen LogP contribution >= 0.6 is 7.60 Å². The van der Waals surface area contributed by atoms with E-state index in [0.29, 0.717) is 17.7 Å². The molecule has 13 nitrogen and oxygen atoms in total. The number of carbonyl (C=O) groups is 2. The lowest BCUT2D eigenvalue weighted by Crippen LogP contribution is -2.19. The minimum atomic E-state index is -3.95. The first-order chi connectivity index (χ1) is 16.5. The third kappa shape index (κ3) is 9.88. The molecule has 0 saturated heterocycles. The fourth-order valence-electron chi connectivity index (χ4n) is 2.82. The van der Waals surface area contributed by atoms with Gasteiger partial charge in [0, 0.05) is 12.8 Å². The van der Waals surface area contributed by atoms with E-state index in [2.05, 4.69) is 15.0 Å². The summed E-state index contributed by atoms with van der Waals surface area (Å²) in [6, 6.07) is 0. The number of carbonyl (C=O) groups excluding carboxylic acids is 2. The molecule has 1 atom stereocenters. The Morgan fingerprint density at radius 3 is 2.09 bits per heavy atom. The minimum absolute atomic E-state index is 0.0926. The Balaban J connectivity index is 1.95. The normalized spacial score (nSPS) is 12.9. The van der Waals surface area contributed by atoms with Crippen molar-refractivity contribution in [3.8, 4) is 0 Å². The number of ether oxygens (including phenoxy) is 3. The topological polar surface area (TPSA) is 167 Å². The molecule has 2 N–H and O–H groups in total. The second kappa shape index (κ2) is 13.5. The summed E-state index contributed by atoms with van der Waals surface area (Å²) < 4.78 is 41.0. The van der Waals surface area contributed by atoms with Gasteiger partial charge in [0.15, 0.2) is 11.5 Å². The lowest BCUT2D eigenvalue weighted by molar-refractivity contribution is -0.153. The van der Waals surface area contributed by atoms with Crippen LogP contribution in [-0.4, -0.2) is 57.5 Å². The van der Waals surface area contributed by atoms with Crippen molar-refractivity contribution in [2.24, 2.45) is 11.8 Å². The van der Waals surface area contributed by atoms with Crippen LogP contribution in [0.4, 0.5) is 5.82 Å². The van der Waals surface area contributed by atoms with Crippen LogP contribution in [0.1, 0.15) is 47.5 Å². The van der Waals surface area contributed by atoms with Gasteiger partial charge >= 0.3 is 19.5 Å². The van der Waals surface area contributed by atoms with E-state index < -0.39 is 45.6 Å². The lowest BCUT2D eigenvalue weighted by atomic mass is 10.1. The Morgan fingerprint density at radius 2 is 1.54 bits per heavy atom. The summed E-state index contributed by atoms with van der Waals surface area (Å²) in [5.41, 5.74) is 6.79. The Kier molecular flexibility index (Phi) is 11.0. The quantitative estimate of drug-likeness (QED) is 0.209. The number of nitrogens with zero attached hydrogens (tertiary/aromatic N) is 4. The predicted molar refractivity (Wildman–Crippen MR) is 126 cm³/mol. The van der Waals surface area contributed by atoms with Gasteiger partial charge in [-0.15, -0.1) is 0 Å². The van der Waals surface area contributed by atoms with Crippen molar-refractivity contribution >= 4 is 36.5 Å². The number of hydrogen-bond acceptors (Lipinski definition) is 12. The Labute approximate surface area is 204 Å². The molecule has 0 aliphatic rings. The van der Waals surface area contributed by atoms with Gasteiger partial charge < -0.3 is 24.5 Å². The molecular formula is C21H34N5O8P. The van der Waals surface area contributed by atoms with Gasteiger partial charge in [-0.1, -0.05) is 27.7 Å². The van der Waals surface area contributed by atoms with E-state index in [4.69, 9.17) is 29.0 Å². The van der Waals surface area contributed by atoms with E-state index in [0.717, 1.165) is 0 Å². The number of rotatable bonds is 15. The van der Waals surface area contributed by atoms with Gasteiger partial charge in [-0.3, -0.25) is 23.2 Å². The Morgan fingerprint density at radius 1 is 0.971 bits per heavy atom. The minimum Gasteiger partial charge on any atom is -0.438 e. The van der Waals surface area contributed by atoms with Crippen LogP contribution in [0.2, 0.25) is 0 Å². The lowest BCUT2D eigenvalue weighted by Gasteiger charge is -2.21. The van der Waals surface area contributed by atoms with Gasteiger partial charge in [0.25, 0.3) is 0 Å². The highest BCUT2D eigenvalue weighted by Crippen LogP contribution is 2.48. The smallest absolute Gasteiger partial charge is 0.361 e. The van der Waals surface area contributed by atoms with Crippen LogP contribution in [-0.2, 0) is 44.0 Å². The molecular weight excluding hydrogens is 481 g/mol. The van der Waals surface area contributed by atoms with Gasteiger partial charge in [-0.2, -0.15) is 0 Å².